The van der Waals surface area contributed by atoms with E-state index in [0.717, 1.165) is 26.8 Å². The Bertz CT molecular complexity index is 1440. The summed E-state index contributed by atoms with van der Waals surface area (Å²) in [7, 11) is 1.80. The molecule has 0 bridgehead atoms. The molecule has 2 heterocycles. The minimum absolute atomic E-state index is 0.0778. The normalized spacial score (nSPS) is 17.6. The summed E-state index contributed by atoms with van der Waals surface area (Å²) in [6.07, 6.45) is 0. The molecule has 1 amide bonds. The number of aliphatic imine (C=N–C) groups is 2. The molecule has 2 atom stereocenters. The average molecular weight is 530 g/mol. The first-order chi connectivity index (χ1) is 16.9. The van der Waals surface area contributed by atoms with E-state index in [0.29, 0.717) is 23.3 Å². The van der Waals surface area contributed by atoms with Crippen molar-refractivity contribution in [1.29, 1.82) is 0 Å². The molecule has 1 aliphatic rings. The van der Waals surface area contributed by atoms with Crippen LogP contribution in [-0.4, -0.2) is 29.6 Å². The number of para-hydroxylation sites is 3. The summed E-state index contributed by atoms with van der Waals surface area (Å²) in [4.78, 5) is 29.5. The summed E-state index contributed by atoms with van der Waals surface area (Å²) in [5.41, 5.74) is 4.84. The minimum atomic E-state index is -0.576. The Kier molecular flexibility index (Phi) is 6.21. The lowest BCUT2D eigenvalue weighted by Crippen LogP contribution is -2.42. The third-order valence-corrected chi connectivity index (χ3v) is 6.84. The maximum absolute atomic E-state index is 13.8. The first kappa shape index (κ1) is 23.0. The number of benzene rings is 3. The molecule has 8 heteroatoms. The van der Waals surface area contributed by atoms with Crippen LogP contribution in [0, 0.1) is 12.8 Å². The fraction of sp³-hybridized carbons (Fsp3) is 0.185. The molecule has 4 aromatic rings. The largest absolute Gasteiger partial charge is 0.423 e. The monoisotopic (exact) mass is 529 g/mol. The van der Waals surface area contributed by atoms with E-state index in [4.69, 9.17) is 9.41 Å². The number of amides is 1. The fourth-order valence-electron chi connectivity index (χ4n) is 4.33. The predicted molar refractivity (Wildman–Crippen MR) is 143 cm³/mol. The number of fused-ring (bicyclic) bond motifs is 1. The molecular formula is C27H24BrN5O2. The maximum atomic E-state index is 13.8. The van der Waals surface area contributed by atoms with Gasteiger partial charge in [-0.2, -0.15) is 4.98 Å². The first-order valence-electron chi connectivity index (χ1n) is 11.3. The molecule has 3 aromatic carbocycles. The molecule has 1 N–H and O–H groups in total. The molecule has 35 heavy (non-hydrogen) atoms. The van der Waals surface area contributed by atoms with Crippen LogP contribution in [0.3, 0.4) is 0 Å². The molecule has 2 unspecified atom stereocenters. The number of oxazole rings is 1. The molecule has 0 saturated carbocycles. The lowest BCUT2D eigenvalue weighted by atomic mass is 9.87. The minimum Gasteiger partial charge on any atom is -0.423 e. The lowest BCUT2D eigenvalue weighted by molar-refractivity contribution is -0.120. The Labute approximate surface area is 211 Å². The summed E-state index contributed by atoms with van der Waals surface area (Å²) < 4.78 is 6.67. The lowest BCUT2D eigenvalue weighted by Gasteiger charge is -2.31. The molecule has 1 aliphatic heterocycles. The van der Waals surface area contributed by atoms with E-state index in [1.807, 2.05) is 86.6 Å². The van der Waals surface area contributed by atoms with Crippen molar-refractivity contribution in [1.82, 2.24) is 4.98 Å². The van der Waals surface area contributed by atoms with Crippen molar-refractivity contribution in [2.75, 3.05) is 17.3 Å². The van der Waals surface area contributed by atoms with Crippen molar-refractivity contribution < 1.29 is 9.21 Å². The standard InChI is InChI=1S/C27H24BrN5O2/c1-16-10-4-8-14-21(16)33(3)25(34)23-17(2)29-26(31-24(23)18-11-5-6-12-19(18)28)32-27-30-20-13-7-9-15-22(20)35-27/h4-15,23-24H,1-3H3,(H,30,31,32). The molecule has 1 aromatic heterocycles. The van der Waals surface area contributed by atoms with Gasteiger partial charge in [-0.25, -0.2) is 9.98 Å². The molecule has 0 fully saturated rings. The van der Waals surface area contributed by atoms with E-state index >= 15 is 0 Å². The third-order valence-electron chi connectivity index (χ3n) is 6.12. The van der Waals surface area contributed by atoms with Gasteiger partial charge in [0.05, 0.1) is 6.04 Å². The van der Waals surface area contributed by atoms with Crippen molar-refractivity contribution in [3.05, 3.63) is 88.4 Å². The van der Waals surface area contributed by atoms with Gasteiger partial charge in [-0.1, -0.05) is 64.5 Å². The molecule has 0 radical (unpaired) electrons. The summed E-state index contributed by atoms with van der Waals surface area (Å²) in [5.74, 6) is -0.309. The Hall–Kier alpha value is -3.78. The van der Waals surface area contributed by atoms with Crippen LogP contribution < -0.4 is 10.2 Å². The number of hydrogen-bond acceptors (Lipinski definition) is 6. The van der Waals surface area contributed by atoms with Crippen LogP contribution in [0.15, 0.2) is 91.7 Å². The topological polar surface area (TPSA) is 83.1 Å². The summed E-state index contributed by atoms with van der Waals surface area (Å²) in [6, 6.07) is 23.0. The van der Waals surface area contributed by atoms with Crippen LogP contribution >= 0.6 is 15.9 Å². The van der Waals surface area contributed by atoms with Crippen LogP contribution in [0.5, 0.6) is 0 Å². The van der Waals surface area contributed by atoms with Crippen molar-refractivity contribution in [3.8, 4) is 0 Å². The molecule has 0 saturated heterocycles. The highest BCUT2D eigenvalue weighted by Gasteiger charge is 2.38. The van der Waals surface area contributed by atoms with E-state index in [-0.39, 0.29) is 5.91 Å². The van der Waals surface area contributed by atoms with E-state index in [9.17, 15) is 4.79 Å². The number of nitrogens with one attached hydrogen (secondary N) is 1. The average Bonchev–Trinajstić information content (AvgIpc) is 3.26. The Morgan fingerprint density at radius 1 is 1.00 bits per heavy atom. The number of anilines is 2. The number of hydrogen-bond donors (Lipinski definition) is 1. The second-order valence-electron chi connectivity index (χ2n) is 8.45. The van der Waals surface area contributed by atoms with Crippen molar-refractivity contribution in [2.45, 2.75) is 19.9 Å². The van der Waals surface area contributed by atoms with Crippen LogP contribution in [0.2, 0.25) is 0 Å². The van der Waals surface area contributed by atoms with Crippen molar-refractivity contribution in [3.63, 3.8) is 0 Å². The number of guanidine groups is 1. The van der Waals surface area contributed by atoms with Gasteiger partial charge < -0.3 is 9.32 Å². The van der Waals surface area contributed by atoms with E-state index in [1.54, 1.807) is 11.9 Å². The zero-order valence-corrected chi connectivity index (χ0v) is 21.2. The van der Waals surface area contributed by atoms with Gasteiger partial charge in [0.25, 0.3) is 0 Å². The molecule has 7 nitrogen and oxygen atoms in total. The van der Waals surface area contributed by atoms with E-state index in [1.165, 1.54) is 0 Å². The molecule has 176 valence electrons. The second-order valence-corrected chi connectivity index (χ2v) is 9.30. The molecular weight excluding hydrogens is 506 g/mol. The Morgan fingerprint density at radius 3 is 2.49 bits per heavy atom. The Balaban J connectivity index is 1.53. The predicted octanol–water partition coefficient (Wildman–Crippen LogP) is 6.16. The zero-order chi connectivity index (χ0) is 24.5. The number of nitrogens with zero attached hydrogens (tertiary/aromatic N) is 4. The summed E-state index contributed by atoms with van der Waals surface area (Å²) in [6.45, 7) is 3.85. The molecule has 5 rings (SSSR count). The fourth-order valence-corrected chi connectivity index (χ4v) is 4.85. The SMILES string of the molecule is CC1=NC(Nc2nc3ccccc3o2)=NC(c2ccccc2Br)C1C(=O)N(C)c1ccccc1C. The highest BCUT2D eigenvalue weighted by molar-refractivity contribution is 9.10. The van der Waals surface area contributed by atoms with Gasteiger partial charge in [-0.3, -0.25) is 10.1 Å². The number of halogens is 1. The highest BCUT2D eigenvalue weighted by atomic mass is 79.9. The summed E-state index contributed by atoms with van der Waals surface area (Å²) >= 11 is 3.65. The number of carbonyl (C=O) groups excluding carboxylic acids is 1. The molecule has 0 aliphatic carbocycles. The number of rotatable bonds is 4. The van der Waals surface area contributed by atoms with Gasteiger partial charge in [0.2, 0.25) is 11.9 Å². The van der Waals surface area contributed by atoms with Gasteiger partial charge in [0.1, 0.15) is 11.4 Å². The number of aromatic nitrogens is 1. The van der Waals surface area contributed by atoms with Crippen molar-refractivity contribution in [2.24, 2.45) is 15.9 Å². The maximum Gasteiger partial charge on any atom is 0.302 e. The van der Waals surface area contributed by atoms with Crippen molar-refractivity contribution >= 4 is 56.3 Å². The van der Waals surface area contributed by atoms with Gasteiger partial charge in [-0.15, -0.1) is 0 Å². The Morgan fingerprint density at radius 2 is 1.71 bits per heavy atom. The quantitative estimate of drug-likeness (QED) is 0.343. The number of carbonyl (C=O) groups is 1. The van der Waals surface area contributed by atoms with Gasteiger partial charge in [0, 0.05) is 22.9 Å². The van der Waals surface area contributed by atoms with Gasteiger partial charge in [-0.05, 0) is 49.2 Å². The smallest absolute Gasteiger partial charge is 0.302 e. The third kappa shape index (κ3) is 4.49. The molecule has 0 spiro atoms. The van der Waals surface area contributed by atoms with Crippen LogP contribution in [-0.2, 0) is 4.79 Å². The zero-order valence-electron chi connectivity index (χ0n) is 19.6. The highest BCUT2D eigenvalue weighted by Crippen LogP contribution is 2.37. The van der Waals surface area contributed by atoms with E-state index in [2.05, 4.69) is 31.2 Å². The van der Waals surface area contributed by atoms with Gasteiger partial charge in [0.15, 0.2) is 5.58 Å². The van der Waals surface area contributed by atoms with Crippen LogP contribution in [0.25, 0.3) is 11.1 Å². The number of aryl methyl sites for hydroxylation is 1. The van der Waals surface area contributed by atoms with Crippen LogP contribution in [0.4, 0.5) is 11.7 Å². The van der Waals surface area contributed by atoms with Gasteiger partial charge >= 0.3 is 6.01 Å². The first-order valence-corrected chi connectivity index (χ1v) is 12.0. The summed E-state index contributed by atoms with van der Waals surface area (Å²) in [5, 5.41) is 3.09. The van der Waals surface area contributed by atoms with Crippen LogP contribution in [0.1, 0.15) is 24.1 Å². The van der Waals surface area contributed by atoms with E-state index < -0.39 is 12.0 Å². The second kappa shape index (κ2) is 9.46.